The van der Waals surface area contributed by atoms with Gasteiger partial charge in [-0.15, -0.1) is 0 Å². The number of carbonyl (C=O) groups excluding carboxylic acids is 3. The van der Waals surface area contributed by atoms with Gasteiger partial charge in [0.15, 0.2) is 5.78 Å². The third-order valence-electron chi connectivity index (χ3n) is 3.92. The van der Waals surface area contributed by atoms with Gasteiger partial charge in [0.25, 0.3) is 11.8 Å². The molecule has 1 aromatic heterocycles. The van der Waals surface area contributed by atoms with Gasteiger partial charge in [-0.1, -0.05) is 12.1 Å². The zero-order valence-corrected chi connectivity index (χ0v) is 11.2. The predicted molar refractivity (Wildman–Crippen MR) is 74.8 cm³/mol. The van der Waals surface area contributed by atoms with Gasteiger partial charge in [-0.2, -0.15) is 5.01 Å². The Morgan fingerprint density at radius 2 is 1.57 bits per heavy atom. The van der Waals surface area contributed by atoms with Crippen LogP contribution in [0.3, 0.4) is 0 Å². The minimum atomic E-state index is -0.392. The molecule has 0 N–H and O–H groups in total. The van der Waals surface area contributed by atoms with Gasteiger partial charge in [-0.3, -0.25) is 14.4 Å². The Kier molecular flexibility index (Phi) is 2.39. The molecule has 2 aromatic rings. The predicted octanol–water partition coefficient (Wildman–Crippen LogP) is 2.01. The molecule has 2 heterocycles. The minimum Gasteiger partial charge on any atom is -0.292 e. The summed E-state index contributed by atoms with van der Waals surface area (Å²) < 4.78 is 1.38. The van der Waals surface area contributed by atoms with Gasteiger partial charge in [0.05, 0.1) is 11.1 Å². The summed E-state index contributed by atoms with van der Waals surface area (Å²) in [5.41, 5.74) is 1.15. The maximum absolute atomic E-state index is 12.4. The third kappa shape index (κ3) is 1.67. The van der Waals surface area contributed by atoms with Crippen LogP contribution in [0, 0.1) is 5.92 Å². The van der Waals surface area contributed by atoms with Crippen molar-refractivity contribution < 1.29 is 14.4 Å². The van der Waals surface area contributed by atoms with Crippen LogP contribution in [-0.2, 0) is 0 Å². The molecule has 5 heteroatoms. The van der Waals surface area contributed by atoms with E-state index in [9.17, 15) is 14.4 Å². The molecule has 4 rings (SSSR count). The van der Waals surface area contributed by atoms with Crippen molar-refractivity contribution in [3.63, 3.8) is 0 Å². The lowest BCUT2D eigenvalue weighted by Gasteiger charge is -2.18. The zero-order chi connectivity index (χ0) is 14.6. The Bertz CT molecular complexity index is 751. The molecule has 0 unspecified atom stereocenters. The highest BCUT2D eigenvalue weighted by Gasteiger charge is 2.39. The Morgan fingerprint density at radius 1 is 0.952 bits per heavy atom. The van der Waals surface area contributed by atoms with E-state index in [1.807, 2.05) is 0 Å². The number of fused-ring (bicyclic) bond motifs is 1. The van der Waals surface area contributed by atoms with E-state index in [0.717, 1.165) is 17.9 Å². The van der Waals surface area contributed by atoms with Crippen molar-refractivity contribution in [1.82, 2.24) is 4.68 Å². The highest BCUT2D eigenvalue weighted by Crippen LogP contribution is 2.33. The van der Waals surface area contributed by atoms with Crippen molar-refractivity contribution in [2.45, 2.75) is 12.8 Å². The fourth-order valence-electron chi connectivity index (χ4n) is 2.67. The van der Waals surface area contributed by atoms with E-state index in [1.165, 1.54) is 4.68 Å². The first kappa shape index (κ1) is 12.1. The van der Waals surface area contributed by atoms with Crippen molar-refractivity contribution in [2.75, 3.05) is 5.01 Å². The Labute approximate surface area is 120 Å². The summed E-state index contributed by atoms with van der Waals surface area (Å²) in [7, 11) is 0. The van der Waals surface area contributed by atoms with Gasteiger partial charge < -0.3 is 0 Å². The lowest BCUT2D eigenvalue weighted by atomic mass is 10.1. The second-order valence-electron chi connectivity index (χ2n) is 5.34. The molecule has 1 aliphatic heterocycles. The van der Waals surface area contributed by atoms with Crippen LogP contribution in [0.4, 0.5) is 0 Å². The average Bonchev–Trinajstić information content (AvgIpc) is 3.19. The smallest absolute Gasteiger partial charge is 0.281 e. The quantitative estimate of drug-likeness (QED) is 0.638. The largest absolute Gasteiger partial charge is 0.292 e. The number of nitrogens with zero attached hydrogens (tertiary/aromatic N) is 2. The maximum Gasteiger partial charge on any atom is 0.281 e. The summed E-state index contributed by atoms with van der Waals surface area (Å²) in [4.78, 5) is 37.1. The van der Waals surface area contributed by atoms with Crippen LogP contribution in [0.1, 0.15) is 44.0 Å². The van der Waals surface area contributed by atoms with Crippen molar-refractivity contribution in [3.05, 3.63) is 59.4 Å². The monoisotopic (exact) mass is 280 g/mol. The first-order valence-electron chi connectivity index (χ1n) is 6.88. The Morgan fingerprint density at radius 3 is 2.14 bits per heavy atom. The molecule has 0 atom stereocenters. The number of imide groups is 1. The molecule has 1 saturated carbocycles. The van der Waals surface area contributed by atoms with Crippen LogP contribution in [0.5, 0.6) is 0 Å². The van der Waals surface area contributed by atoms with Crippen LogP contribution >= 0.6 is 0 Å². The molecular weight excluding hydrogens is 268 g/mol. The van der Waals surface area contributed by atoms with Crippen LogP contribution in [0.15, 0.2) is 42.6 Å². The van der Waals surface area contributed by atoms with Gasteiger partial charge in [-0.05, 0) is 37.1 Å². The Hall–Kier alpha value is -2.69. The molecule has 1 fully saturated rings. The molecule has 0 saturated heterocycles. The lowest BCUT2D eigenvalue weighted by molar-refractivity contribution is 0.0881. The summed E-state index contributed by atoms with van der Waals surface area (Å²) >= 11 is 0. The van der Waals surface area contributed by atoms with Gasteiger partial charge in [0, 0.05) is 12.1 Å². The van der Waals surface area contributed by atoms with Gasteiger partial charge in [0.2, 0.25) is 0 Å². The second kappa shape index (κ2) is 4.15. The van der Waals surface area contributed by atoms with Crippen LogP contribution in [0.2, 0.25) is 0 Å². The van der Waals surface area contributed by atoms with Gasteiger partial charge in [-0.25, -0.2) is 4.68 Å². The highest BCUT2D eigenvalue weighted by atomic mass is 16.2. The minimum absolute atomic E-state index is 0.00319. The average molecular weight is 280 g/mol. The van der Waals surface area contributed by atoms with E-state index in [2.05, 4.69) is 0 Å². The van der Waals surface area contributed by atoms with Gasteiger partial charge >= 0.3 is 0 Å². The summed E-state index contributed by atoms with van der Waals surface area (Å²) in [6.07, 6.45) is 3.34. The number of rotatable bonds is 3. The SMILES string of the molecule is O=C(c1cccn1N1C(=O)c2ccccc2C1=O)C1CC1. The molecule has 0 spiro atoms. The molecule has 1 aliphatic carbocycles. The number of amides is 2. The lowest BCUT2D eigenvalue weighted by Crippen LogP contribution is -2.41. The number of hydrogen-bond acceptors (Lipinski definition) is 3. The molecular formula is C16H12N2O3. The van der Waals surface area contributed by atoms with Crippen molar-refractivity contribution in [2.24, 2.45) is 5.92 Å². The first-order chi connectivity index (χ1) is 10.2. The summed E-state index contributed by atoms with van der Waals surface area (Å²) in [5.74, 6) is -0.751. The number of carbonyl (C=O) groups is 3. The number of aromatic nitrogens is 1. The summed E-state index contributed by atoms with van der Waals surface area (Å²) in [6.45, 7) is 0. The molecule has 1 aromatic carbocycles. The third-order valence-corrected chi connectivity index (χ3v) is 3.92. The molecule has 2 amide bonds. The molecule has 0 bridgehead atoms. The van der Waals surface area contributed by atoms with Crippen molar-refractivity contribution >= 4 is 17.6 Å². The van der Waals surface area contributed by atoms with E-state index >= 15 is 0 Å². The number of benzene rings is 1. The van der Waals surface area contributed by atoms with Crippen LogP contribution < -0.4 is 5.01 Å². The number of hydrogen-bond donors (Lipinski definition) is 0. The number of Topliss-reactive ketones (excluding diaryl/α,β-unsaturated/α-hetero) is 1. The first-order valence-corrected chi connectivity index (χ1v) is 6.88. The topological polar surface area (TPSA) is 59.4 Å². The molecule has 2 aliphatic rings. The number of ketones is 1. The van der Waals surface area contributed by atoms with Gasteiger partial charge in [0.1, 0.15) is 5.69 Å². The molecule has 104 valence electrons. The van der Waals surface area contributed by atoms with E-state index in [0.29, 0.717) is 16.8 Å². The standard InChI is InChI=1S/C16H12N2O3/c19-14(10-7-8-10)13-6-3-9-17(13)18-15(20)11-4-1-2-5-12(11)16(18)21/h1-6,9-10H,7-8H2. The maximum atomic E-state index is 12.4. The fourth-order valence-corrected chi connectivity index (χ4v) is 2.67. The van der Waals surface area contributed by atoms with Crippen LogP contribution in [0.25, 0.3) is 0 Å². The van der Waals surface area contributed by atoms with E-state index in [4.69, 9.17) is 0 Å². The normalized spacial score (nSPS) is 17.2. The molecule has 5 nitrogen and oxygen atoms in total. The zero-order valence-electron chi connectivity index (χ0n) is 11.2. The fraction of sp³-hybridized carbons (Fsp3) is 0.188. The van der Waals surface area contributed by atoms with Crippen LogP contribution in [-0.4, -0.2) is 22.3 Å². The highest BCUT2D eigenvalue weighted by molar-refractivity contribution is 6.30. The Balaban J connectivity index is 1.79. The molecule has 21 heavy (non-hydrogen) atoms. The van der Waals surface area contributed by atoms with E-state index in [1.54, 1.807) is 42.6 Å². The van der Waals surface area contributed by atoms with Crippen molar-refractivity contribution in [3.8, 4) is 0 Å². The van der Waals surface area contributed by atoms with E-state index < -0.39 is 11.8 Å². The summed E-state index contributed by atoms with van der Waals surface area (Å²) in [6, 6.07) is 10.0. The van der Waals surface area contributed by atoms with E-state index in [-0.39, 0.29) is 11.7 Å². The summed E-state index contributed by atoms with van der Waals surface area (Å²) in [5, 5.41) is 1.04. The second-order valence-corrected chi connectivity index (χ2v) is 5.34. The molecule has 0 radical (unpaired) electrons. The van der Waals surface area contributed by atoms with Crippen molar-refractivity contribution in [1.29, 1.82) is 0 Å².